The summed E-state index contributed by atoms with van der Waals surface area (Å²) in [5.41, 5.74) is 0. The molecule has 3 aliphatic carbocycles. The van der Waals surface area contributed by atoms with E-state index in [1.807, 2.05) is 0 Å². The van der Waals surface area contributed by atoms with Crippen LogP contribution in [0, 0.1) is 5.92 Å². The van der Waals surface area contributed by atoms with E-state index in [9.17, 15) is 0 Å². The Morgan fingerprint density at radius 1 is 0.667 bits per heavy atom. The maximum absolute atomic E-state index is 2.94. The number of hydrogen-bond acceptors (Lipinski definition) is 0. The van der Waals surface area contributed by atoms with Crippen LogP contribution in [0.2, 0.25) is 38.1 Å². The zero-order valence-corrected chi connectivity index (χ0v) is 20.5. The molecule has 3 saturated carbocycles. The standard InChI is InChI=1S/C24H46BSi.Li/c1-25(22-16-10-6-11-17-22,23-18-12-7-13-19-23)24(26(2,3)4)20-21-14-8-5-9-15-21;/h20-23H,5-19H2,1-4H3;/q-1;+1/b24-20-;. The summed E-state index contributed by atoms with van der Waals surface area (Å²) >= 11 is 0. The van der Waals surface area contributed by atoms with Gasteiger partial charge in [0.05, 0.1) is 0 Å². The summed E-state index contributed by atoms with van der Waals surface area (Å²) in [6.07, 6.45) is 25.2. The van der Waals surface area contributed by atoms with Gasteiger partial charge in [0, 0.05) is 14.2 Å². The fourth-order valence-corrected chi connectivity index (χ4v) is 10.6. The van der Waals surface area contributed by atoms with Crippen LogP contribution in [0.4, 0.5) is 0 Å². The summed E-state index contributed by atoms with van der Waals surface area (Å²) in [6, 6.07) is 0. The molecule has 0 nitrogen and oxygen atoms in total. The van der Waals surface area contributed by atoms with Gasteiger partial charge in [-0.15, -0.1) is 6.08 Å². The summed E-state index contributed by atoms with van der Waals surface area (Å²) < 4.78 is 0. The van der Waals surface area contributed by atoms with Gasteiger partial charge in [0.2, 0.25) is 0 Å². The van der Waals surface area contributed by atoms with Crippen molar-refractivity contribution in [1.82, 2.24) is 0 Å². The molecule has 0 amide bonds. The third kappa shape index (κ3) is 5.83. The smallest absolute Gasteiger partial charge is 0.244 e. The predicted molar refractivity (Wildman–Crippen MR) is 123 cm³/mol. The molecule has 0 spiro atoms. The predicted octanol–water partition coefficient (Wildman–Crippen LogP) is 5.66. The molecule has 0 heterocycles. The second-order valence-corrected chi connectivity index (χ2v) is 16.6. The second-order valence-electron chi connectivity index (χ2n) is 11.5. The van der Waals surface area contributed by atoms with E-state index in [0.717, 1.165) is 17.6 Å². The maximum Gasteiger partial charge on any atom is 1.00 e. The minimum absolute atomic E-state index is 0. The van der Waals surface area contributed by atoms with Crippen LogP contribution in [0.5, 0.6) is 0 Å². The molecule has 3 heteroatoms. The molecule has 0 N–H and O–H groups in total. The number of rotatable bonds is 5. The van der Waals surface area contributed by atoms with Crippen LogP contribution >= 0.6 is 0 Å². The zero-order valence-electron chi connectivity index (χ0n) is 19.5. The summed E-state index contributed by atoms with van der Waals surface area (Å²) in [6.45, 7) is 10.9. The van der Waals surface area contributed by atoms with Gasteiger partial charge in [0.15, 0.2) is 0 Å². The molecule has 3 fully saturated rings. The topological polar surface area (TPSA) is 0 Å². The van der Waals surface area contributed by atoms with Crippen molar-refractivity contribution in [3.63, 3.8) is 0 Å². The Hall–Kier alpha value is 0.619. The van der Waals surface area contributed by atoms with Gasteiger partial charge < -0.3 is 0 Å². The van der Waals surface area contributed by atoms with Crippen molar-refractivity contribution in [1.29, 1.82) is 0 Å². The Labute approximate surface area is 184 Å². The molecule has 0 bridgehead atoms. The van der Waals surface area contributed by atoms with Gasteiger partial charge in [-0.25, -0.2) is 5.10 Å². The molecule has 3 aliphatic rings. The molecule has 0 aliphatic heterocycles. The monoisotopic (exact) mass is 380 g/mol. The Balaban J connectivity index is 0.00000261. The minimum Gasteiger partial charge on any atom is -0.244 e. The van der Waals surface area contributed by atoms with Gasteiger partial charge >= 0.3 is 18.9 Å². The van der Waals surface area contributed by atoms with Crippen LogP contribution in [0.1, 0.15) is 96.3 Å². The zero-order chi connectivity index (χ0) is 18.6. The summed E-state index contributed by atoms with van der Waals surface area (Å²) in [4.78, 5) is 0. The van der Waals surface area contributed by atoms with Crippen LogP contribution in [-0.4, -0.2) is 14.2 Å². The Kier molecular flexibility index (Phi) is 9.37. The van der Waals surface area contributed by atoms with Crippen LogP contribution in [0.25, 0.3) is 0 Å². The first-order valence-electron chi connectivity index (χ1n) is 12.4. The third-order valence-electron chi connectivity index (χ3n) is 8.86. The Morgan fingerprint density at radius 3 is 1.41 bits per heavy atom. The van der Waals surface area contributed by atoms with Gasteiger partial charge in [-0.1, -0.05) is 103 Å². The van der Waals surface area contributed by atoms with Gasteiger partial charge in [0.1, 0.15) is 0 Å². The summed E-state index contributed by atoms with van der Waals surface area (Å²) in [5.74, 6) is 2.99. The molecule has 0 unspecified atom stereocenters. The van der Waals surface area contributed by atoms with E-state index < -0.39 is 8.07 Å². The van der Waals surface area contributed by atoms with Gasteiger partial charge in [-0.05, 0) is 18.8 Å². The minimum atomic E-state index is -1.29. The first-order valence-corrected chi connectivity index (χ1v) is 15.9. The van der Waals surface area contributed by atoms with Crippen LogP contribution in [0.3, 0.4) is 0 Å². The van der Waals surface area contributed by atoms with E-state index in [1.165, 1.54) is 70.6 Å². The number of hydrogen-bond donors (Lipinski definition) is 0. The third-order valence-corrected chi connectivity index (χ3v) is 11.4. The Morgan fingerprint density at radius 2 is 1.04 bits per heavy atom. The molecule has 0 aromatic heterocycles. The van der Waals surface area contributed by atoms with Gasteiger partial charge in [-0.2, -0.15) is 18.5 Å². The first kappa shape index (κ1) is 23.9. The van der Waals surface area contributed by atoms with Crippen molar-refractivity contribution in [3.05, 3.63) is 11.2 Å². The van der Waals surface area contributed by atoms with Crippen LogP contribution < -0.4 is 18.9 Å². The molecule has 0 aromatic rings. The van der Waals surface area contributed by atoms with E-state index in [0.29, 0.717) is 0 Å². The van der Waals surface area contributed by atoms with E-state index in [4.69, 9.17) is 0 Å². The largest absolute Gasteiger partial charge is 1.00 e. The van der Waals surface area contributed by atoms with E-state index in [1.54, 1.807) is 25.7 Å². The van der Waals surface area contributed by atoms with Crippen molar-refractivity contribution in [3.8, 4) is 0 Å². The van der Waals surface area contributed by atoms with Crippen molar-refractivity contribution >= 4 is 14.2 Å². The molecule has 0 aromatic carbocycles. The molecular formula is C24H46BLiSi. The van der Waals surface area contributed by atoms with E-state index in [2.05, 4.69) is 37.6 Å². The molecular weight excluding hydrogens is 334 g/mol. The molecule has 0 radical (unpaired) electrons. The van der Waals surface area contributed by atoms with Crippen LogP contribution in [0.15, 0.2) is 11.2 Å². The van der Waals surface area contributed by atoms with Crippen molar-refractivity contribution in [2.75, 3.05) is 0 Å². The average Bonchev–Trinajstić information content (AvgIpc) is 2.67. The molecule has 3 rings (SSSR count). The molecule has 150 valence electrons. The van der Waals surface area contributed by atoms with Gasteiger partial charge in [-0.3, -0.25) is 0 Å². The van der Waals surface area contributed by atoms with Gasteiger partial charge in [0.25, 0.3) is 0 Å². The first-order chi connectivity index (χ1) is 12.4. The van der Waals surface area contributed by atoms with E-state index >= 15 is 0 Å². The van der Waals surface area contributed by atoms with Crippen LogP contribution in [-0.2, 0) is 0 Å². The van der Waals surface area contributed by atoms with E-state index in [-0.39, 0.29) is 25.0 Å². The molecule has 27 heavy (non-hydrogen) atoms. The van der Waals surface area contributed by atoms with Crippen molar-refractivity contribution < 1.29 is 18.9 Å². The Bertz CT molecular complexity index is 445. The normalized spacial score (nSPS) is 25.3. The molecule has 0 saturated heterocycles. The number of allylic oxidation sites excluding steroid dienone is 1. The maximum atomic E-state index is 2.94. The van der Waals surface area contributed by atoms with Crippen molar-refractivity contribution in [2.45, 2.75) is 134 Å². The summed E-state index contributed by atoms with van der Waals surface area (Å²) in [7, 11) is -1.29. The second kappa shape index (κ2) is 10.6. The SMILES string of the molecule is C[B-](/C(=C/C1CCCCC1)[Si](C)(C)C)(C1CCCCC1)C1CCCCC1.[Li+]. The summed E-state index contributed by atoms with van der Waals surface area (Å²) in [5, 5.41) is 2.07. The fourth-order valence-electron chi connectivity index (χ4n) is 7.49. The van der Waals surface area contributed by atoms with Crippen molar-refractivity contribution in [2.24, 2.45) is 5.92 Å². The average molecular weight is 380 g/mol. The quantitative estimate of drug-likeness (QED) is 0.540. The molecule has 0 atom stereocenters. The fraction of sp³-hybridized carbons (Fsp3) is 0.917.